The highest BCUT2D eigenvalue weighted by molar-refractivity contribution is 5.77. The molecule has 0 bridgehead atoms. The molecule has 0 saturated carbocycles. The van der Waals surface area contributed by atoms with Crippen LogP contribution in [0.5, 0.6) is 5.75 Å². The van der Waals surface area contributed by atoms with Gasteiger partial charge in [0, 0.05) is 25.2 Å². The molecule has 1 aromatic rings. The summed E-state index contributed by atoms with van der Waals surface area (Å²) in [5, 5.41) is 2.97. The van der Waals surface area contributed by atoms with Crippen molar-refractivity contribution in [1.29, 1.82) is 0 Å². The molecular formula is C18H28N2O3. The molecule has 5 nitrogen and oxygen atoms in total. The van der Waals surface area contributed by atoms with Crippen molar-refractivity contribution in [2.45, 2.75) is 45.4 Å². The fourth-order valence-electron chi connectivity index (χ4n) is 2.82. The van der Waals surface area contributed by atoms with Gasteiger partial charge in [0.25, 0.3) is 5.91 Å². The number of nitrogens with zero attached hydrogens (tertiary/aromatic N) is 1. The zero-order valence-electron chi connectivity index (χ0n) is 14.5. The highest BCUT2D eigenvalue weighted by Gasteiger charge is 2.33. The number of carbonyl (C=O) groups excluding carboxylic acids is 1. The van der Waals surface area contributed by atoms with Crippen molar-refractivity contribution in [1.82, 2.24) is 10.2 Å². The maximum atomic E-state index is 12.0. The normalized spacial score (nSPS) is 22.6. The topological polar surface area (TPSA) is 50.8 Å². The number of hydrogen-bond acceptors (Lipinski definition) is 4. The van der Waals surface area contributed by atoms with E-state index in [-0.39, 0.29) is 30.3 Å². The highest BCUT2D eigenvalue weighted by Crippen LogP contribution is 2.20. The minimum atomic E-state index is -0.116. The van der Waals surface area contributed by atoms with Gasteiger partial charge in [0.15, 0.2) is 6.61 Å². The lowest BCUT2D eigenvalue weighted by Gasteiger charge is -2.45. The summed E-state index contributed by atoms with van der Waals surface area (Å²) in [6, 6.07) is 9.37. The van der Waals surface area contributed by atoms with Crippen LogP contribution in [0.1, 0.15) is 27.7 Å². The smallest absolute Gasteiger partial charge is 0.258 e. The first-order chi connectivity index (χ1) is 10.9. The Morgan fingerprint density at radius 2 is 1.87 bits per heavy atom. The largest absolute Gasteiger partial charge is 0.484 e. The van der Waals surface area contributed by atoms with E-state index in [1.807, 2.05) is 30.3 Å². The van der Waals surface area contributed by atoms with Crippen LogP contribution in [0.4, 0.5) is 0 Å². The van der Waals surface area contributed by atoms with E-state index in [1.54, 1.807) is 0 Å². The van der Waals surface area contributed by atoms with Crippen LogP contribution in [-0.4, -0.2) is 54.8 Å². The summed E-state index contributed by atoms with van der Waals surface area (Å²) >= 11 is 0. The fourth-order valence-corrected chi connectivity index (χ4v) is 2.82. The van der Waals surface area contributed by atoms with Gasteiger partial charge in [0.05, 0.1) is 12.2 Å². The van der Waals surface area contributed by atoms with Crippen LogP contribution in [0.15, 0.2) is 30.3 Å². The Labute approximate surface area is 139 Å². The van der Waals surface area contributed by atoms with Gasteiger partial charge in [-0.2, -0.15) is 0 Å². The zero-order valence-corrected chi connectivity index (χ0v) is 14.5. The number of para-hydroxylation sites is 1. The number of amides is 1. The molecule has 2 atom stereocenters. The van der Waals surface area contributed by atoms with Gasteiger partial charge in [0.2, 0.25) is 0 Å². The Morgan fingerprint density at radius 1 is 1.26 bits per heavy atom. The summed E-state index contributed by atoms with van der Waals surface area (Å²) in [6.45, 7) is 10.9. The molecule has 1 saturated heterocycles. The lowest BCUT2D eigenvalue weighted by molar-refractivity contribution is -0.124. The average molecular weight is 320 g/mol. The molecule has 1 aromatic carbocycles. The molecule has 23 heavy (non-hydrogen) atoms. The second kappa shape index (κ2) is 7.79. The van der Waals surface area contributed by atoms with E-state index in [1.165, 1.54) is 0 Å². The second-order valence-electron chi connectivity index (χ2n) is 6.85. The van der Waals surface area contributed by atoms with Gasteiger partial charge >= 0.3 is 0 Å². The van der Waals surface area contributed by atoms with Crippen LogP contribution in [0.2, 0.25) is 0 Å². The van der Waals surface area contributed by atoms with Gasteiger partial charge in [-0.1, -0.05) is 18.2 Å². The summed E-state index contributed by atoms with van der Waals surface area (Å²) in [6.07, 6.45) is 0.435. The number of hydrogen-bond donors (Lipinski definition) is 1. The van der Waals surface area contributed by atoms with Gasteiger partial charge < -0.3 is 14.8 Å². The predicted octanol–water partition coefficient (Wildman–Crippen LogP) is 2.07. The number of nitrogens with one attached hydrogen (secondary N) is 1. The van der Waals surface area contributed by atoms with E-state index in [4.69, 9.17) is 9.47 Å². The molecule has 1 amide bonds. The standard InChI is InChI=1S/C18H28N2O3/c1-14-10-20(11-15(2)23-14)18(3,4)13-19-17(21)12-22-16-8-6-5-7-9-16/h5-9,14-15H,10-13H2,1-4H3,(H,19,21)/t14-,15-/m1/s1. The Bertz CT molecular complexity index is 494. The lowest BCUT2D eigenvalue weighted by atomic mass is 10.00. The summed E-state index contributed by atoms with van der Waals surface area (Å²) in [5.74, 6) is 0.606. The van der Waals surface area contributed by atoms with Crippen LogP contribution in [0, 0.1) is 0 Å². The van der Waals surface area contributed by atoms with Crippen molar-refractivity contribution in [3.63, 3.8) is 0 Å². The molecule has 1 heterocycles. The lowest BCUT2D eigenvalue weighted by Crippen LogP contribution is -2.58. The monoisotopic (exact) mass is 320 g/mol. The van der Waals surface area contributed by atoms with E-state index < -0.39 is 0 Å². The number of ether oxygens (including phenoxy) is 2. The Morgan fingerprint density at radius 3 is 2.48 bits per heavy atom. The van der Waals surface area contributed by atoms with Crippen molar-refractivity contribution in [2.75, 3.05) is 26.2 Å². The molecule has 0 aromatic heterocycles. The molecule has 5 heteroatoms. The average Bonchev–Trinajstić information content (AvgIpc) is 2.51. The zero-order chi connectivity index (χ0) is 16.9. The second-order valence-corrected chi connectivity index (χ2v) is 6.85. The van der Waals surface area contributed by atoms with E-state index in [9.17, 15) is 4.79 Å². The van der Waals surface area contributed by atoms with Crippen LogP contribution < -0.4 is 10.1 Å². The predicted molar refractivity (Wildman–Crippen MR) is 90.6 cm³/mol. The SMILES string of the molecule is C[C@@H]1CN(C(C)(C)CNC(=O)COc2ccccc2)C[C@@H](C)O1. The van der Waals surface area contributed by atoms with Crippen molar-refractivity contribution < 1.29 is 14.3 Å². The molecule has 2 rings (SSSR count). The van der Waals surface area contributed by atoms with Gasteiger partial charge in [0.1, 0.15) is 5.75 Å². The first-order valence-electron chi connectivity index (χ1n) is 8.22. The number of carbonyl (C=O) groups is 1. The van der Waals surface area contributed by atoms with Gasteiger partial charge in [-0.05, 0) is 39.8 Å². The number of rotatable bonds is 6. The first kappa shape index (κ1) is 17.8. The summed E-state index contributed by atoms with van der Waals surface area (Å²) in [4.78, 5) is 14.4. The molecule has 1 aliphatic heterocycles. The van der Waals surface area contributed by atoms with Crippen LogP contribution >= 0.6 is 0 Å². The third kappa shape index (κ3) is 5.52. The van der Waals surface area contributed by atoms with Gasteiger partial charge in [-0.15, -0.1) is 0 Å². The molecule has 128 valence electrons. The Balaban J connectivity index is 1.78. The fraction of sp³-hybridized carbons (Fsp3) is 0.611. The van der Waals surface area contributed by atoms with Crippen LogP contribution in [-0.2, 0) is 9.53 Å². The van der Waals surface area contributed by atoms with E-state index in [0.717, 1.165) is 13.1 Å². The summed E-state index contributed by atoms with van der Waals surface area (Å²) in [7, 11) is 0. The third-order valence-corrected chi connectivity index (χ3v) is 4.11. The van der Waals surface area contributed by atoms with E-state index >= 15 is 0 Å². The van der Waals surface area contributed by atoms with Crippen LogP contribution in [0.3, 0.4) is 0 Å². The van der Waals surface area contributed by atoms with E-state index in [2.05, 4.69) is 37.9 Å². The van der Waals surface area contributed by atoms with Crippen LogP contribution in [0.25, 0.3) is 0 Å². The highest BCUT2D eigenvalue weighted by atomic mass is 16.5. The number of benzene rings is 1. The summed E-state index contributed by atoms with van der Waals surface area (Å²) < 4.78 is 11.2. The Hall–Kier alpha value is -1.59. The minimum absolute atomic E-state index is 0.0377. The van der Waals surface area contributed by atoms with Crippen molar-refractivity contribution in [2.24, 2.45) is 0 Å². The molecule has 0 unspecified atom stereocenters. The molecule has 1 N–H and O–H groups in total. The molecule has 0 radical (unpaired) electrons. The maximum absolute atomic E-state index is 12.0. The van der Waals surface area contributed by atoms with Crippen molar-refractivity contribution in [3.8, 4) is 5.75 Å². The molecule has 0 aliphatic carbocycles. The molecule has 1 aliphatic rings. The maximum Gasteiger partial charge on any atom is 0.258 e. The first-order valence-corrected chi connectivity index (χ1v) is 8.22. The quantitative estimate of drug-likeness (QED) is 0.872. The molecular weight excluding hydrogens is 292 g/mol. The van der Waals surface area contributed by atoms with Crippen molar-refractivity contribution >= 4 is 5.91 Å². The van der Waals surface area contributed by atoms with Gasteiger partial charge in [-0.3, -0.25) is 9.69 Å². The summed E-state index contributed by atoms with van der Waals surface area (Å²) in [5.41, 5.74) is -0.116. The molecule has 1 fully saturated rings. The third-order valence-electron chi connectivity index (χ3n) is 4.11. The number of morpholine rings is 1. The van der Waals surface area contributed by atoms with Crippen molar-refractivity contribution in [3.05, 3.63) is 30.3 Å². The van der Waals surface area contributed by atoms with E-state index in [0.29, 0.717) is 12.3 Å². The molecule has 0 spiro atoms. The Kier molecular flexibility index (Phi) is 6.02. The minimum Gasteiger partial charge on any atom is -0.484 e. The van der Waals surface area contributed by atoms with Gasteiger partial charge in [-0.25, -0.2) is 0 Å².